The Kier molecular flexibility index (Phi) is 5.68. The Bertz CT molecular complexity index is 1220. The van der Waals surface area contributed by atoms with Crippen LogP contribution < -0.4 is 4.31 Å². The van der Waals surface area contributed by atoms with Gasteiger partial charge < -0.3 is 14.4 Å². The Balaban J connectivity index is 1.73. The molecule has 1 unspecified atom stereocenters. The summed E-state index contributed by atoms with van der Waals surface area (Å²) < 4.78 is 35.4. The third-order valence-electron chi connectivity index (χ3n) is 5.32. The van der Waals surface area contributed by atoms with Crippen molar-refractivity contribution in [2.75, 3.05) is 10.9 Å². The molecular formula is C22H21ClN2O5S. The largest absolute Gasteiger partial charge is 0.505 e. The summed E-state index contributed by atoms with van der Waals surface area (Å²) in [6.07, 6.45) is 1.53. The molecule has 31 heavy (non-hydrogen) atoms. The van der Waals surface area contributed by atoms with E-state index in [0.29, 0.717) is 29.2 Å². The van der Waals surface area contributed by atoms with E-state index >= 15 is 0 Å². The van der Waals surface area contributed by atoms with Crippen LogP contribution in [0.1, 0.15) is 30.6 Å². The molecule has 0 radical (unpaired) electrons. The third-order valence-corrected chi connectivity index (χ3v) is 7.39. The van der Waals surface area contributed by atoms with E-state index in [9.17, 15) is 13.2 Å². The number of sulfonamides is 1. The van der Waals surface area contributed by atoms with Crippen LogP contribution in [0.2, 0.25) is 5.02 Å². The first-order valence-electron chi connectivity index (χ1n) is 9.79. The van der Waals surface area contributed by atoms with E-state index in [1.54, 1.807) is 42.5 Å². The molecule has 7 nitrogen and oxygen atoms in total. The van der Waals surface area contributed by atoms with Crippen molar-refractivity contribution in [2.45, 2.75) is 30.7 Å². The lowest BCUT2D eigenvalue weighted by atomic mass is 10.1. The van der Waals surface area contributed by atoms with Crippen LogP contribution in [0.4, 0.5) is 10.5 Å². The zero-order valence-electron chi connectivity index (χ0n) is 16.7. The van der Waals surface area contributed by atoms with E-state index in [4.69, 9.17) is 16.7 Å². The van der Waals surface area contributed by atoms with Gasteiger partial charge in [-0.05, 0) is 54.4 Å². The smallest absolute Gasteiger partial charge is 0.450 e. The van der Waals surface area contributed by atoms with Crippen LogP contribution in [0.25, 0.3) is 5.69 Å². The van der Waals surface area contributed by atoms with Crippen LogP contribution in [0, 0.1) is 0 Å². The average Bonchev–Trinajstić information content (AvgIpc) is 3.23. The van der Waals surface area contributed by atoms with Crippen molar-refractivity contribution in [1.29, 1.82) is 0 Å². The molecule has 1 aliphatic heterocycles. The van der Waals surface area contributed by atoms with Crippen LogP contribution >= 0.6 is 11.6 Å². The number of rotatable bonds is 6. The minimum atomic E-state index is -3.87. The highest BCUT2D eigenvalue weighted by atomic mass is 35.5. The molecule has 0 fully saturated rings. The number of carbonyl (C=O) groups is 1. The minimum absolute atomic E-state index is 0.0105. The first kappa shape index (κ1) is 21.3. The summed E-state index contributed by atoms with van der Waals surface area (Å²) in [4.78, 5) is 10.6. The van der Waals surface area contributed by atoms with E-state index in [1.165, 1.54) is 4.31 Å². The van der Waals surface area contributed by atoms with Crippen LogP contribution in [0.5, 0.6) is 0 Å². The molecule has 0 bridgehead atoms. The van der Waals surface area contributed by atoms with Gasteiger partial charge in [0.1, 0.15) is 0 Å². The zero-order valence-corrected chi connectivity index (χ0v) is 18.3. The Morgan fingerprint density at radius 2 is 1.87 bits per heavy atom. The number of halogens is 1. The van der Waals surface area contributed by atoms with Crippen molar-refractivity contribution in [3.8, 4) is 5.69 Å². The second-order valence-electron chi connectivity index (χ2n) is 7.17. The normalized spacial score (nSPS) is 15.3. The maximum absolute atomic E-state index is 13.7. The van der Waals surface area contributed by atoms with E-state index in [-0.39, 0.29) is 17.5 Å². The molecule has 3 aromatic rings. The summed E-state index contributed by atoms with van der Waals surface area (Å²) in [6, 6.07) is 15.1. The lowest BCUT2D eigenvalue weighted by Crippen LogP contribution is -2.39. The summed E-state index contributed by atoms with van der Waals surface area (Å²) in [5.74, 6) is 0. The zero-order chi connectivity index (χ0) is 22.2. The third kappa shape index (κ3) is 3.88. The van der Waals surface area contributed by atoms with Gasteiger partial charge in [0.25, 0.3) is 10.0 Å². The highest BCUT2D eigenvalue weighted by Gasteiger charge is 2.38. The molecule has 4 rings (SSSR count). The molecule has 2 aromatic carbocycles. The topological polar surface area (TPSA) is 88.8 Å². The highest BCUT2D eigenvalue weighted by molar-refractivity contribution is 7.92. The Morgan fingerprint density at radius 1 is 1.13 bits per heavy atom. The SMILES string of the molecule is CCC1c2cccn2-c2cc(Cl)ccc2N1S(=O)(=O)c1ccc(CCOC(=O)O)cc1. The molecule has 1 atom stereocenters. The molecule has 0 spiro atoms. The molecule has 1 N–H and O–H groups in total. The maximum Gasteiger partial charge on any atom is 0.505 e. The molecule has 2 heterocycles. The van der Waals surface area contributed by atoms with Crippen molar-refractivity contribution in [1.82, 2.24) is 4.57 Å². The summed E-state index contributed by atoms with van der Waals surface area (Å²) in [5.41, 5.74) is 2.94. The molecular weight excluding hydrogens is 440 g/mol. The lowest BCUT2D eigenvalue weighted by molar-refractivity contribution is 0.0927. The number of aromatic nitrogens is 1. The van der Waals surface area contributed by atoms with Gasteiger partial charge in [0.05, 0.1) is 28.9 Å². The Morgan fingerprint density at radius 3 is 2.55 bits per heavy atom. The number of nitrogens with zero attached hydrogens (tertiary/aromatic N) is 2. The van der Waals surface area contributed by atoms with Crippen molar-refractivity contribution < 1.29 is 23.1 Å². The number of fused-ring (bicyclic) bond motifs is 3. The number of hydrogen-bond donors (Lipinski definition) is 1. The van der Waals surface area contributed by atoms with Gasteiger partial charge in [-0.25, -0.2) is 13.2 Å². The summed E-state index contributed by atoms with van der Waals surface area (Å²) in [7, 11) is -3.87. The van der Waals surface area contributed by atoms with Crippen LogP contribution in [-0.4, -0.2) is 30.9 Å². The molecule has 9 heteroatoms. The fourth-order valence-electron chi connectivity index (χ4n) is 3.92. The van der Waals surface area contributed by atoms with Crippen molar-refractivity contribution in [3.05, 3.63) is 77.1 Å². The van der Waals surface area contributed by atoms with Crippen LogP contribution in [-0.2, 0) is 21.2 Å². The van der Waals surface area contributed by atoms with E-state index in [0.717, 1.165) is 11.3 Å². The second-order valence-corrected chi connectivity index (χ2v) is 9.42. The van der Waals surface area contributed by atoms with Gasteiger partial charge >= 0.3 is 6.16 Å². The molecule has 0 saturated carbocycles. The van der Waals surface area contributed by atoms with Crippen molar-refractivity contribution in [3.63, 3.8) is 0 Å². The quantitative estimate of drug-likeness (QED) is 0.521. The van der Waals surface area contributed by atoms with Crippen molar-refractivity contribution in [2.24, 2.45) is 0 Å². The van der Waals surface area contributed by atoms with E-state index in [2.05, 4.69) is 4.74 Å². The number of anilines is 1. The highest BCUT2D eigenvalue weighted by Crippen LogP contribution is 2.44. The number of benzene rings is 2. The summed E-state index contributed by atoms with van der Waals surface area (Å²) >= 11 is 6.21. The standard InChI is InChI=1S/C22H21ClN2O5S/c1-2-18-19-4-3-12-24(19)21-14-16(23)7-10-20(21)25(18)31(28,29)17-8-5-15(6-9-17)11-13-30-22(26)27/h3-10,12,14,18H,2,11,13H2,1H3,(H,26,27). The number of ether oxygens (including phenoxy) is 1. The summed E-state index contributed by atoms with van der Waals surface area (Å²) in [5, 5.41) is 9.10. The van der Waals surface area contributed by atoms with Gasteiger partial charge in [-0.3, -0.25) is 4.31 Å². The van der Waals surface area contributed by atoms with Gasteiger partial charge in [-0.15, -0.1) is 0 Å². The van der Waals surface area contributed by atoms with Gasteiger partial charge in [-0.1, -0.05) is 30.7 Å². The molecule has 0 amide bonds. The number of carboxylic acid groups (broad SMARTS) is 1. The summed E-state index contributed by atoms with van der Waals surface area (Å²) in [6.45, 7) is 1.97. The first-order chi connectivity index (χ1) is 14.8. The monoisotopic (exact) mass is 460 g/mol. The fourth-order valence-corrected chi connectivity index (χ4v) is 5.80. The molecule has 0 aliphatic carbocycles. The molecule has 1 aliphatic rings. The molecule has 162 valence electrons. The van der Waals surface area contributed by atoms with Gasteiger partial charge in [-0.2, -0.15) is 0 Å². The maximum atomic E-state index is 13.7. The fraction of sp³-hybridized carbons (Fsp3) is 0.227. The molecule has 0 saturated heterocycles. The van der Waals surface area contributed by atoms with E-state index in [1.807, 2.05) is 29.8 Å². The van der Waals surface area contributed by atoms with Gasteiger partial charge in [0.15, 0.2) is 0 Å². The van der Waals surface area contributed by atoms with Gasteiger partial charge in [0.2, 0.25) is 0 Å². The van der Waals surface area contributed by atoms with Crippen LogP contribution in [0.3, 0.4) is 0 Å². The lowest BCUT2D eigenvalue weighted by Gasteiger charge is -2.38. The van der Waals surface area contributed by atoms with Crippen LogP contribution in [0.15, 0.2) is 65.7 Å². The van der Waals surface area contributed by atoms with E-state index < -0.39 is 16.2 Å². The first-order valence-corrected chi connectivity index (χ1v) is 11.6. The number of hydrogen-bond acceptors (Lipinski definition) is 4. The molecule has 1 aromatic heterocycles. The Hall–Kier alpha value is -2.97. The predicted octanol–water partition coefficient (Wildman–Crippen LogP) is 5.03. The average molecular weight is 461 g/mol. The minimum Gasteiger partial charge on any atom is -0.450 e. The Labute approximate surface area is 185 Å². The van der Waals surface area contributed by atoms with Crippen molar-refractivity contribution >= 4 is 33.5 Å². The van der Waals surface area contributed by atoms with Gasteiger partial charge in [0, 0.05) is 23.3 Å². The second kappa shape index (κ2) is 8.28. The predicted molar refractivity (Wildman–Crippen MR) is 118 cm³/mol.